The molecule has 1 aromatic heterocycles. The zero-order valence-electron chi connectivity index (χ0n) is 19.9. The molecule has 0 amide bonds. The molecule has 182 valence electrons. The molecule has 3 aromatic carbocycles. The van der Waals surface area contributed by atoms with Crippen molar-refractivity contribution in [3.05, 3.63) is 107 Å². The third-order valence-electron chi connectivity index (χ3n) is 6.09. The molecule has 0 unspecified atom stereocenters. The highest BCUT2D eigenvalue weighted by Gasteiger charge is 2.36. The van der Waals surface area contributed by atoms with E-state index < -0.39 is 12.0 Å². The number of halogens is 1. The number of rotatable bonds is 5. The van der Waals surface area contributed by atoms with Gasteiger partial charge in [0.15, 0.2) is 4.80 Å². The van der Waals surface area contributed by atoms with Crippen molar-refractivity contribution in [1.29, 1.82) is 0 Å². The van der Waals surface area contributed by atoms with Crippen LogP contribution in [0.2, 0.25) is 0 Å². The quantitative estimate of drug-likeness (QED) is 0.330. The zero-order valence-corrected chi connectivity index (χ0v) is 22.4. The van der Waals surface area contributed by atoms with E-state index in [4.69, 9.17) is 9.47 Å². The van der Waals surface area contributed by atoms with Crippen molar-refractivity contribution in [3.63, 3.8) is 0 Å². The first-order chi connectivity index (χ1) is 17.4. The molecule has 5 rings (SSSR count). The van der Waals surface area contributed by atoms with Crippen molar-refractivity contribution in [2.45, 2.75) is 19.9 Å². The van der Waals surface area contributed by atoms with Crippen LogP contribution in [0.4, 0.5) is 0 Å². The van der Waals surface area contributed by atoms with Gasteiger partial charge in [0, 0.05) is 10.0 Å². The van der Waals surface area contributed by atoms with Crippen LogP contribution in [0.5, 0.6) is 5.75 Å². The SMILES string of the molecule is CCOC(=O)C1=C(C)N=c2sc(=Cc3cccc(Br)c3)c(=O)n2[C@H]1c1c(OC)ccc2ccccc12. The molecule has 0 saturated heterocycles. The van der Waals surface area contributed by atoms with Gasteiger partial charge >= 0.3 is 5.97 Å². The molecule has 1 aliphatic heterocycles. The largest absolute Gasteiger partial charge is 0.496 e. The molecular formula is C28H23BrN2O4S. The summed E-state index contributed by atoms with van der Waals surface area (Å²) in [4.78, 5) is 32.4. The predicted octanol–water partition coefficient (Wildman–Crippen LogP) is 4.72. The number of hydrogen-bond donors (Lipinski definition) is 0. The smallest absolute Gasteiger partial charge is 0.338 e. The van der Waals surface area contributed by atoms with E-state index in [0.29, 0.717) is 26.4 Å². The Labute approximate surface area is 220 Å². The maximum absolute atomic E-state index is 13.9. The normalized spacial score (nSPS) is 15.6. The van der Waals surface area contributed by atoms with Gasteiger partial charge in [-0.2, -0.15) is 0 Å². The molecule has 8 heteroatoms. The summed E-state index contributed by atoms with van der Waals surface area (Å²) in [6, 6.07) is 18.7. The first-order valence-corrected chi connectivity index (χ1v) is 13.0. The third kappa shape index (κ3) is 4.20. The van der Waals surface area contributed by atoms with Crippen molar-refractivity contribution in [1.82, 2.24) is 4.57 Å². The predicted molar refractivity (Wildman–Crippen MR) is 145 cm³/mol. The van der Waals surface area contributed by atoms with E-state index in [1.54, 1.807) is 25.5 Å². The fourth-order valence-electron chi connectivity index (χ4n) is 4.55. The van der Waals surface area contributed by atoms with Gasteiger partial charge in [0.25, 0.3) is 5.56 Å². The van der Waals surface area contributed by atoms with E-state index in [0.717, 1.165) is 26.4 Å². The minimum absolute atomic E-state index is 0.211. The second-order valence-corrected chi connectivity index (χ2v) is 10.2. The van der Waals surface area contributed by atoms with Gasteiger partial charge in [0.1, 0.15) is 11.8 Å². The molecule has 36 heavy (non-hydrogen) atoms. The molecule has 1 atom stereocenters. The zero-order chi connectivity index (χ0) is 25.4. The summed E-state index contributed by atoms with van der Waals surface area (Å²) in [5.41, 5.74) is 2.22. The molecule has 6 nitrogen and oxygen atoms in total. The van der Waals surface area contributed by atoms with Crippen LogP contribution in [0, 0.1) is 0 Å². The van der Waals surface area contributed by atoms with Gasteiger partial charge in [-0.05, 0) is 54.5 Å². The average molecular weight is 563 g/mol. The van der Waals surface area contributed by atoms with Crippen LogP contribution in [-0.2, 0) is 9.53 Å². The van der Waals surface area contributed by atoms with Gasteiger partial charge in [0.05, 0.1) is 29.5 Å². The number of ether oxygens (including phenoxy) is 2. The van der Waals surface area contributed by atoms with E-state index >= 15 is 0 Å². The van der Waals surface area contributed by atoms with Crippen LogP contribution in [0.25, 0.3) is 16.8 Å². The number of thiazole rings is 1. The second kappa shape index (κ2) is 9.87. The number of fused-ring (bicyclic) bond motifs is 2. The van der Waals surface area contributed by atoms with Gasteiger partial charge in [-0.3, -0.25) is 9.36 Å². The fourth-order valence-corrected chi connectivity index (χ4v) is 6.01. The van der Waals surface area contributed by atoms with E-state index in [1.165, 1.54) is 11.3 Å². The number of carbonyl (C=O) groups excluding carboxylic acids is 1. The molecule has 0 radical (unpaired) electrons. The van der Waals surface area contributed by atoms with Gasteiger partial charge < -0.3 is 9.47 Å². The summed E-state index contributed by atoms with van der Waals surface area (Å²) >= 11 is 4.78. The van der Waals surface area contributed by atoms with Crippen molar-refractivity contribution < 1.29 is 14.3 Å². The number of hydrogen-bond acceptors (Lipinski definition) is 6. The molecule has 1 aliphatic rings. The molecule has 0 spiro atoms. The van der Waals surface area contributed by atoms with Gasteiger partial charge in [-0.25, -0.2) is 9.79 Å². The van der Waals surface area contributed by atoms with E-state index in [9.17, 15) is 9.59 Å². The summed E-state index contributed by atoms with van der Waals surface area (Å²) in [7, 11) is 1.59. The maximum atomic E-state index is 13.9. The number of carbonyl (C=O) groups is 1. The standard InChI is InChI=1S/C28H23BrN2O4S/c1-4-35-27(33)23-16(2)30-28-31(26(32)22(36-28)15-17-8-7-10-19(29)14-17)25(23)24-20-11-6-5-9-18(20)12-13-21(24)34-3/h5-15,25H,4H2,1-3H3/t25-/m1/s1. The lowest BCUT2D eigenvalue weighted by molar-refractivity contribution is -0.139. The Bertz CT molecular complexity index is 1720. The molecule has 4 aromatic rings. The van der Waals surface area contributed by atoms with Crippen LogP contribution in [0.3, 0.4) is 0 Å². The van der Waals surface area contributed by atoms with Crippen LogP contribution in [0.1, 0.15) is 31.0 Å². The Kier molecular flexibility index (Phi) is 6.64. The second-order valence-electron chi connectivity index (χ2n) is 8.26. The lowest BCUT2D eigenvalue weighted by Gasteiger charge is -2.27. The highest BCUT2D eigenvalue weighted by molar-refractivity contribution is 9.10. The molecule has 0 fully saturated rings. The molecule has 0 bridgehead atoms. The van der Waals surface area contributed by atoms with Crippen LogP contribution >= 0.6 is 27.3 Å². The van der Waals surface area contributed by atoms with Crippen molar-refractivity contribution >= 4 is 50.1 Å². The van der Waals surface area contributed by atoms with E-state index in [2.05, 4.69) is 20.9 Å². The minimum Gasteiger partial charge on any atom is -0.496 e. The van der Waals surface area contributed by atoms with E-state index in [-0.39, 0.29) is 12.2 Å². The topological polar surface area (TPSA) is 69.9 Å². The number of methoxy groups -OCH3 is 1. The van der Waals surface area contributed by atoms with Gasteiger partial charge in [-0.15, -0.1) is 0 Å². The number of benzene rings is 3. The molecule has 0 N–H and O–H groups in total. The number of aromatic nitrogens is 1. The van der Waals surface area contributed by atoms with Crippen molar-refractivity contribution in [2.24, 2.45) is 4.99 Å². The minimum atomic E-state index is -0.758. The highest BCUT2D eigenvalue weighted by Crippen LogP contribution is 2.40. The monoisotopic (exact) mass is 562 g/mol. The van der Waals surface area contributed by atoms with Crippen LogP contribution in [0.15, 0.2) is 86.2 Å². The first kappa shape index (κ1) is 24.2. The Morgan fingerprint density at radius 3 is 2.72 bits per heavy atom. The summed E-state index contributed by atoms with van der Waals surface area (Å²) in [6.45, 7) is 3.75. The Morgan fingerprint density at radius 1 is 1.17 bits per heavy atom. The fraction of sp³-hybridized carbons (Fsp3) is 0.179. The Hall–Kier alpha value is -3.49. The van der Waals surface area contributed by atoms with Gasteiger partial charge in [0.2, 0.25) is 0 Å². The van der Waals surface area contributed by atoms with Crippen molar-refractivity contribution in [2.75, 3.05) is 13.7 Å². The lowest BCUT2D eigenvalue weighted by Crippen LogP contribution is -2.40. The number of allylic oxidation sites excluding steroid dienone is 1. The summed E-state index contributed by atoms with van der Waals surface area (Å²) in [5, 5.41) is 1.86. The molecular weight excluding hydrogens is 540 g/mol. The molecule has 2 heterocycles. The molecule has 0 aliphatic carbocycles. The summed E-state index contributed by atoms with van der Waals surface area (Å²) < 4.78 is 14.2. The van der Waals surface area contributed by atoms with Crippen LogP contribution < -0.4 is 19.6 Å². The van der Waals surface area contributed by atoms with E-state index in [1.807, 2.05) is 66.7 Å². The summed E-state index contributed by atoms with van der Waals surface area (Å²) in [5.74, 6) is 0.0803. The van der Waals surface area contributed by atoms with Crippen molar-refractivity contribution in [3.8, 4) is 5.75 Å². The number of nitrogens with zero attached hydrogens (tertiary/aromatic N) is 2. The first-order valence-electron chi connectivity index (χ1n) is 11.4. The van der Waals surface area contributed by atoms with Crippen LogP contribution in [-0.4, -0.2) is 24.3 Å². The average Bonchev–Trinajstić information content (AvgIpc) is 3.16. The molecule has 0 saturated carbocycles. The Balaban J connectivity index is 1.86. The maximum Gasteiger partial charge on any atom is 0.338 e. The Morgan fingerprint density at radius 2 is 1.97 bits per heavy atom. The lowest BCUT2D eigenvalue weighted by atomic mass is 9.90. The summed E-state index contributed by atoms with van der Waals surface area (Å²) in [6.07, 6.45) is 1.84. The third-order valence-corrected chi connectivity index (χ3v) is 7.56. The highest BCUT2D eigenvalue weighted by atomic mass is 79.9. The van der Waals surface area contributed by atoms with Gasteiger partial charge in [-0.1, -0.05) is 69.7 Å². The number of esters is 1.